The van der Waals surface area contributed by atoms with Crippen LogP contribution >= 0.6 is 0 Å². The predicted octanol–water partition coefficient (Wildman–Crippen LogP) is 5.30. The fraction of sp³-hybridized carbons (Fsp3) is 0.882. The number of carbonyl (C=O) groups excluding carboxylic acids is 6. The zero-order valence-corrected chi connectivity index (χ0v) is 45.2. The Morgan fingerprint density at radius 3 is 1.09 bits per heavy atom. The minimum absolute atomic E-state index is 0.0667. The summed E-state index contributed by atoms with van der Waals surface area (Å²) in [5, 5.41) is 2.76. The monoisotopic (exact) mass is 984 g/mol. The summed E-state index contributed by atoms with van der Waals surface area (Å²) in [6.45, 7) is 37.6. The Labute approximate surface area is 417 Å². The van der Waals surface area contributed by atoms with Crippen LogP contribution in [0.15, 0.2) is 0 Å². The van der Waals surface area contributed by atoms with Gasteiger partial charge in [-0.15, -0.1) is 0 Å². The average Bonchev–Trinajstić information content (AvgIpc) is 4.07. The third kappa shape index (κ3) is 31.4. The van der Waals surface area contributed by atoms with Crippen molar-refractivity contribution in [3.63, 3.8) is 0 Å². The fourth-order valence-corrected chi connectivity index (χ4v) is 7.27. The van der Waals surface area contributed by atoms with Gasteiger partial charge in [-0.1, -0.05) is 27.7 Å². The summed E-state index contributed by atoms with van der Waals surface area (Å²) in [6, 6.07) is 0.0914. The number of hydrogen-bond acceptors (Lipinski definition) is 11. The summed E-state index contributed by atoms with van der Waals surface area (Å²) in [6.07, 6.45) is 9.39. The number of nitrogens with zero attached hydrogens (tertiary/aromatic N) is 6. The molecule has 1 N–H and O–H groups in total. The highest BCUT2D eigenvalue weighted by Gasteiger charge is 2.23. The van der Waals surface area contributed by atoms with Crippen molar-refractivity contribution in [1.29, 1.82) is 0 Å². The summed E-state index contributed by atoms with van der Waals surface area (Å²) >= 11 is 0. The number of nitrogens with one attached hydrogen (secondary N) is 1. The van der Waals surface area contributed by atoms with Gasteiger partial charge in [0.15, 0.2) is 0 Å². The number of rotatable bonds is 16. The first kappa shape index (κ1) is 63.4. The molecule has 6 aliphatic rings. The van der Waals surface area contributed by atoms with Crippen LogP contribution in [0.1, 0.15) is 134 Å². The molecule has 0 aliphatic carbocycles. The lowest BCUT2D eigenvalue weighted by atomic mass is 10.1. The van der Waals surface area contributed by atoms with E-state index in [2.05, 4.69) is 33.0 Å². The molecule has 0 aromatic carbocycles. The standard InChI is InChI=1S/C10H19NO2.C9H17NO3.C9H17NO2.C8H15NO2.C8H15NO.C7H14N2O/c1-9(2)13-8-10(12)11-6-4-3-5-7-11;1-8(2)13-7-9(11)10-3-5-12-6-4-10;1-8(2)12-7-9(11)10-5-3-4-6-10;1-7(2)11-6-8(10)9-4-3-5-9;1-7(2)6-9-5-3-4-8(9)10;1-6(2)5-9-4-3-8-7(9)10/h9H,3-8H2,1-2H3;8H,3-7H2,1-2H3;8H,3-7H2,1-2H3;7H,3-6H2,1-2H3;7H,3-6H2,1-2H3;6H,3-5H2,1-2H3,(H,8,10). The molecule has 7 amide bonds. The topological polar surface area (TPSA) is 180 Å². The van der Waals surface area contributed by atoms with Gasteiger partial charge in [-0.3, -0.25) is 24.0 Å². The Morgan fingerprint density at radius 1 is 0.449 bits per heavy atom. The second-order valence-corrected chi connectivity index (χ2v) is 20.1. The van der Waals surface area contributed by atoms with Crippen molar-refractivity contribution < 1.29 is 52.5 Å². The fourth-order valence-electron chi connectivity index (χ4n) is 7.27. The molecule has 0 spiro atoms. The third-order valence-corrected chi connectivity index (χ3v) is 11.2. The van der Waals surface area contributed by atoms with Crippen molar-refractivity contribution in [2.24, 2.45) is 11.8 Å². The largest absolute Gasteiger partial charge is 0.378 e. The van der Waals surface area contributed by atoms with Gasteiger partial charge in [0.25, 0.3) is 0 Å². The van der Waals surface area contributed by atoms with Crippen molar-refractivity contribution in [3.05, 3.63) is 0 Å². The molecular formula is C51H97N7O11. The van der Waals surface area contributed by atoms with E-state index in [-0.39, 0.29) is 80.5 Å². The molecule has 6 rings (SSSR count). The molecule has 18 nitrogen and oxygen atoms in total. The van der Waals surface area contributed by atoms with Gasteiger partial charge in [0.05, 0.1) is 37.6 Å². The van der Waals surface area contributed by atoms with Crippen molar-refractivity contribution in [1.82, 2.24) is 34.7 Å². The first-order valence-electron chi connectivity index (χ1n) is 26.2. The van der Waals surface area contributed by atoms with Gasteiger partial charge in [0.1, 0.15) is 26.4 Å². The maximum Gasteiger partial charge on any atom is 0.317 e. The summed E-state index contributed by atoms with van der Waals surface area (Å²) in [7, 11) is 0. The third-order valence-electron chi connectivity index (χ3n) is 11.2. The SMILES string of the molecule is CC(C)CN1CCCC1=O.CC(C)CN1CCNC1=O.CC(C)OCC(=O)N1CCC1.CC(C)OCC(=O)N1CCCC1.CC(C)OCC(=O)N1CCCCC1.CC(C)OCC(=O)N1CCOCC1. The highest BCUT2D eigenvalue weighted by atomic mass is 16.5. The molecule has 6 heterocycles. The molecule has 6 saturated heterocycles. The smallest absolute Gasteiger partial charge is 0.317 e. The van der Waals surface area contributed by atoms with E-state index in [0.29, 0.717) is 44.0 Å². The van der Waals surface area contributed by atoms with E-state index < -0.39 is 0 Å². The summed E-state index contributed by atoms with van der Waals surface area (Å²) < 4.78 is 26.0. The number of carbonyl (C=O) groups is 6. The molecule has 6 aliphatic heterocycles. The van der Waals surface area contributed by atoms with Gasteiger partial charge >= 0.3 is 6.03 Å². The summed E-state index contributed by atoms with van der Waals surface area (Å²) in [5.74, 6) is 2.01. The van der Waals surface area contributed by atoms with Crippen LogP contribution in [0.2, 0.25) is 0 Å². The molecule has 0 radical (unpaired) electrons. The maximum atomic E-state index is 11.5. The number of amides is 7. The molecule has 0 saturated carbocycles. The zero-order valence-electron chi connectivity index (χ0n) is 45.2. The highest BCUT2D eigenvalue weighted by Crippen LogP contribution is 2.12. The quantitative estimate of drug-likeness (QED) is 0.212. The van der Waals surface area contributed by atoms with Crippen LogP contribution in [-0.2, 0) is 47.7 Å². The van der Waals surface area contributed by atoms with E-state index in [1.807, 2.05) is 79.9 Å². The molecule has 18 heteroatoms. The lowest BCUT2D eigenvalue weighted by Gasteiger charge is -2.30. The van der Waals surface area contributed by atoms with Gasteiger partial charge in [0, 0.05) is 91.5 Å². The molecule has 0 atom stereocenters. The molecule has 69 heavy (non-hydrogen) atoms. The van der Waals surface area contributed by atoms with Crippen LogP contribution < -0.4 is 5.32 Å². The normalized spacial score (nSPS) is 17.9. The second kappa shape index (κ2) is 37.2. The van der Waals surface area contributed by atoms with Crippen LogP contribution in [0, 0.1) is 11.8 Å². The number of urea groups is 1. The lowest BCUT2D eigenvalue weighted by Crippen LogP contribution is -2.44. The van der Waals surface area contributed by atoms with E-state index in [0.717, 1.165) is 117 Å². The maximum absolute atomic E-state index is 11.5. The molecular weight excluding hydrogens is 887 g/mol. The Bertz CT molecular complexity index is 1360. The Balaban J connectivity index is 0.000000415. The average molecular weight is 984 g/mol. The summed E-state index contributed by atoms with van der Waals surface area (Å²) in [5.41, 5.74) is 0. The Kier molecular flexibility index (Phi) is 34.2. The van der Waals surface area contributed by atoms with Crippen LogP contribution in [0.25, 0.3) is 0 Å². The second-order valence-electron chi connectivity index (χ2n) is 20.1. The number of piperidine rings is 1. The Morgan fingerprint density at radius 2 is 0.797 bits per heavy atom. The predicted molar refractivity (Wildman–Crippen MR) is 270 cm³/mol. The summed E-state index contributed by atoms with van der Waals surface area (Å²) in [4.78, 5) is 78.6. The van der Waals surface area contributed by atoms with Crippen LogP contribution in [-0.4, -0.2) is 214 Å². The van der Waals surface area contributed by atoms with Gasteiger partial charge in [0.2, 0.25) is 29.5 Å². The van der Waals surface area contributed by atoms with E-state index in [4.69, 9.17) is 23.7 Å². The molecule has 6 fully saturated rings. The highest BCUT2D eigenvalue weighted by molar-refractivity contribution is 5.79. The van der Waals surface area contributed by atoms with E-state index in [9.17, 15) is 28.8 Å². The minimum atomic E-state index is 0.0667. The molecule has 0 unspecified atom stereocenters. The Hall–Kier alpha value is -3.58. The first-order chi connectivity index (χ1) is 32.7. The van der Waals surface area contributed by atoms with Crippen molar-refractivity contribution >= 4 is 35.6 Å². The zero-order chi connectivity index (χ0) is 51.7. The van der Waals surface area contributed by atoms with Crippen molar-refractivity contribution in [2.45, 2.75) is 159 Å². The van der Waals surface area contributed by atoms with Crippen molar-refractivity contribution in [3.8, 4) is 0 Å². The van der Waals surface area contributed by atoms with Gasteiger partial charge in [-0.05, 0) is 112 Å². The van der Waals surface area contributed by atoms with Crippen molar-refractivity contribution in [2.75, 3.05) is 125 Å². The number of likely N-dealkylation sites (tertiary alicyclic amines) is 4. The molecule has 0 bridgehead atoms. The minimum Gasteiger partial charge on any atom is -0.378 e. The molecule has 0 aromatic heterocycles. The van der Waals surface area contributed by atoms with Gasteiger partial charge < -0.3 is 58.4 Å². The van der Waals surface area contributed by atoms with E-state index in [1.165, 1.54) is 6.42 Å². The molecule has 402 valence electrons. The van der Waals surface area contributed by atoms with Crippen LogP contribution in [0.3, 0.4) is 0 Å². The van der Waals surface area contributed by atoms with E-state index in [1.54, 1.807) is 4.90 Å². The molecule has 0 aromatic rings. The van der Waals surface area contributed by atoms with Gasteiger partial charge in [-0.25, -0.2) is 4.79 Å². The van der Waals surface area contributed by atoms with Crippen LogP contribution in [0.4, 0.5) is 4.79 Å². The van der Waals surface area contributed by atoms with E-state index >= 15 is 0 Å². The number of hydrogen-bond donors (Lipinski definition) is 1. The van der Waals surface area contributed by atoms with Crippen LogP contribution in [0.5, 0.6) is 0 Å². The van der Waals surface area contributed by atoms with Gasteiger partial charge in [-0.2, -0.15) is 0 Å². The first-order valence-corrected chi connectivity index (χ1v) is 26.2. The number of morpholine rings is 1. The number of ether oxygens (including phenoxy) is 5. The lowest BCUT2D eigenvalue weighted by molar-refractivity contribution is -0.142.